The Morgan fingerprint density at radius 3 is 2.28 bits per heavy atom. The number of aromatic nitrogens is 3. The SMILES string of the molecule is Cc1nc(N)ccc1CNC(=O)[C@H]1CCc2cnc(NCC(c3ccccc3)c3ccccc3)c(=O)n21.Cl.Cl. The van der Waals surface area contributed by atoms with Crippen molar-refractivity contribution < 1.29 is 4.79 Å². The molecule has 0 bridgehead atoms. The summed E-state index contributed by atoms with van der Waals surface area (Å²) in [5, 5.41) is 6.24. The van der Waals surface area contributed by atoms with Gasteiger partial charge >= 0.3 is 0 Å². The number of hydrogen-bond donors (Lipinski definition) is 3. The van der Waals surface area contributed by atoms with E-state index in [4.69, 9.17) is 5.73 Å². The lowest BCUT2D eigenvalue weighted by molar-refractivity contribution is -0.124. The molecule has 8 nitrogen and oxygen atoms in total. The molecule has 1 aliphatic heterocycles. The summed E-state index contributed by atoms with van der Waals surface area (Å²) in [6.07, 6.45) is 2.88. The third-order valence-electron chi connectivity index (χ3n) is 6.91. The smallest absolute Gasteiger partial charge is 0.294 e. The Balaban J connectivity index is 0.00000210. The number of nitrogen functional groups attached to an aromatic ring is 1. The maximum absolute atomic E-state index is 13.5. The maximum Gasteiger partial charge on any atom is 0.294 e. The molecular weight excluding hydrogens is 535 g/mol. The Kier molecular flexibility index (Phi) is 10.1. The van der Waals surface area contributed by atoms with Crippen molar-refractivity contribution in [3.05, 3.63) is 117 Å². The van der Waals surface area contributed by atoms with Crippen molar-refractivity contribution >= 4 is 42.4 Å². The summed E-state index contributed by atoms with van der Waals surface area (Å²) in [6.45, 7) is 2.68. The third-order valence-corrected chi connectivity index (χ3v) is 6.91. The third kappa shape index (κ3) is 6.58. The molecule has 4 N–H and O–H groups in total. The van der Waals surface area contributed by atoms with Crippen LogP contribution in [0.3, 0.4) is 0 Å². The average Bonchev–Trinajstić information content (AvgIpc) is 3.36. The monoisotopic (exact) mass is 566 g/mol. The molecule has 0 saturated heterocycles. The second-order valence-electron chi connectivity index (χ2n) is 9.28. The number of aryl methyl sites for hydroxylation is 2. The number of nitrogens with two attached hydrogens (primary N) is 1. The van der Waals surface area contributed by atoms with Gasteiger partial charge < -0.3 is 16.4 Å². The molecule has 0 spiro atoms. The summed E-state index contributed by atoms with van der Waals surface area (Å²) in [5.41, 5.74) is 10.2. The Labute approximate surface area is 239 Å². The largest absolute Gasteiger partial charge is 0.384 e. The van der Waals surface area contributed by atoms with Crippen LogP contribution in [0, 0.1) is 6.92 Å². The molecule has 1 amide bonds. The van der Waals surface area contributed by atoms with Crippen LogP contribution in [0.5, 0.6) is 0 Å². The number of carbonyl (C=O) groups is 1. The molecule has 0 unspecified atom stereocenters. The van der Waals surface area contributed by atoms with Gasteiger partial charge in [0, 0.05) is 36.6 Å². The molecule has 3 heterocycles. The van der Waals surface area contributed by atoms with Gasteiger partial charge in [0.2, 0.25) is 5.91 Å². The second-order valence-corrected chi connectivity index (χ2v) is 9.28. The first-order chi connectivity index (χ1) is 18.0. The van der Waals surface area contributed by atoms with Crippen molar-refractivity contribution in [3.63, 3.8) is 0 Å². The highest BCUT2D eigenvalue weighted by molar-refractivity contribution is 5.85. The minimum absolute atomic E-state index is 0. The maximum atomic E-state index is 13.5. The Morgan fingerprint density at radius 1 is 1.03 bits per heavy atom. The van der Waals surface area contributed by atoms with Crippen molar-refractivity contribution in [2.24, 2.45) is 0 Å². The molecule has 2 aromatic carbocycles. The second kappa shape index (κ2) is 13.3. The zero-order valence-electron chi connectivity index (χ0n) is 21.5. The summed E-state index contributed by atoms with van der Waals surface area (Å²) in [6, 6.07) is 23.4. The molecule has 1 aliphatic rings. The van der Waals surface area contributed by atoms with Gasteiger partial charge in [0.25, 0.3) is 5.56 Å². The number of fused-ring (bicyclic) bond motifs is 1. The zero-order valence-corrected chi connectivity index (χ0v) is 23.2. The van der Waals surface area contributed by atoms with E-state index in [1.165, 1.54) is 0 Å². The van der Waals surface area contributed by atoms with E-state index in [1.807, 2.05) is 49.4 Å². The van der Waals surface area contributed by atoms with E-state index < -0.39 is 6.04 Å². The van der Waals surface area contributed by atoms with Gasteiger partial charge in [-0.15, -0.1) is 24.8 Å². The minimum atomic E-state index is -0.577. The van der Waals surface area contributed by atoms with Gasteiger partial charge in [0.1, 0.15) is 11.9 Å². The van der Waals surface area contributed by atoms with Gasteiger partial charge in [-0.3, -0.25) is 14.2 Å². The van der Waals surface area contributed by atoms with Gasteiger partial charge in [-0.25, -0.2) is 9.97 Å². The first-order valence-corrected chi connectivity index (χ1v) is 12.4. The van der Waals surface area contributed by atoms with Crippen LogP contribution in [0.2, 0.25) is 0 Å². The molecule has 39 heavy (non-hydrogen) atoms. The summed E-state index contributed by atoms with van der Waals surface area (Å²) in [7, 11) is 0. The lowest BCUT2D eigenvalue weighted by Gasteiger charge is -2.20. The van der Waals surface area contributed by atoms with E-state index in [9.17, 15) is 9.59 Å². The van der Waals surface area contributed by atoms with Crippen LogP contribution >= 0.6 is 24.8 Å². The number of anilines is 2. The number of carbonyl (C=O) groups excluding carboxylic acids is 1. The van der Waals surface area contributed by atoms with Crippen LogP contribution in [-0.2, 0) is 17.8 Å². The van der Waals surface area contributed by atoms with Crippen LogP contribution in [-0.4, -0.2) is 27.0 Å². The van der Waals surface area contributed by atoms with E-state index in [-0.39, 0.29) is 48.0 Å². The molecule has 4 aromatic rings. The predicted octanol–water partition coefficient (Wildman–Crippen LogP) is 4.42. The van der Waals surface area contributed by atoms with Crippen LogP contribution < -0.4 is 21.9 Å². The number of nitrogens with one attached hydrogen (secondary N) is 2. The van der Waals surface area contributed by atoms with Gasteiger partial charge in [-0.2, -0.15) is 0 Å². The van der Waals surface area contributed by atoms with E-state index in [1.54, 1.807) is 16.8 Å². The number of benzene rings is 2. The Hall–Kier alpha value is -3.88. The van der Waals surface area contributed by atoms with Crippen LogP contribution in [0.1, 0.15) is 46.5 Å². The van der Waals surface area contributed by atoms with Crippen molar-refractivity contribution in [2.75, 3.05) is 17.6 Å². The Bertz CT molecular complexity index is 1420. The molecule has 0 fully saturated rings. The molecule has 10 heteroatoms. The fraction of sp³-hybridized carbons (Fsp3) is 0.241. The quantitative estimate of drug-likeness (QED) is 0.291. The van der Waals surface area contributed by atoms with Crippen molar-refractivity contribution in [3.8, 4) is 0 Å². The first-order valence-electron chi connectivity index (χ1n) is 12.4. The summed E-state index contributed by atoms with van der Waals surface area (Å²) in [5.74, 6) is 0.537. The van der Waals surface area contributed by atoms with Crippen LogP contribution in [0.4, 0.5) is 11.6 Å². The predicted molar refractivity (Wildman–Crippen MR) is 159 cm³/mol. The number of rotatable bonds is 8. The van der Waals surface area contributed by atoms with Gasteiger partial charge in [-0.1, -0.05) is 66.7 Å². The van der Waals surface area contributed by atoms with Gasteiger partial charge in [-0.05, 0) is 42.5 Å². The molecular formula is C29H32Cl2N6O2. The summed E-state index contributed by atoms with van der Waals surface area (Å²) >= 11 is 0. The normalized spacial score (nSPS) is 13.6. The standard InChI is InChI=1S/C29H30N6O2.2ClH/c1-19-22(12-15-26(30)34-19)16-33-28(36)25-14-13-23-17-31-27(29(37)35(23)25)32-18-24(20-8-4-2-5-9-20)21-10-6-3-7-11-21;;/h2-12,15,17,24-25H,13-14,16,18H2,1H3,(H2,30,34)(H,31,32)(H,33,36);2*1H/t25-;;/m1../s1. The van der Waals surface area contributed by atoms with Gasteiger partial charge in [0.05, 0.1) is 0 Å². The van der Waals surface area contributed by atoms with Crippen molar-refractivity contribution in [1.82, 2.24) is 19.9 Å². The topological polar surface area (TPSA) is 115 Å². The van der Waals surface area contributed by atoms with E-state index in [0.29, 0.717) is 31.7 Å². The highest BCUT2D eigenvalue weighted by Gasteiger charge is 2.30. The summed E-state index contributed by atoms with van der Waals surface area (Å²) in [4.78, 5) is 35.2. The molecule has 2 aromatic heterocycles. The summed E-state index contributed by atoms with van der Waals surface area (Å²) < 4.78 is 1.58. The lowest BCUT2D eigenvalue weighted by atomic mass is 9.91. The fourth-order valence-corrected chi connectivity index (χ4v) is 4.90. The molecule has 0 aliphatic carbocycles. The first kappa shape index (κ1) is 29.7. The van der Waals surface area contributed by atoms with E-state index >= 15 is 0 Å². The van der Waals surface area contributed by atoms with E-state index in [0.717, 1.165) is 28.1 Å². The van der Waals surface area contributed by atoms with Crippen molar-refractivity contribution in [2.45, 2.75) is 38.3 Å². The number of amides is 1. The highest BCUT2D eigenvalue weighted by Crippen LogP contribution is 2.26. The minimum Gasteiger partial charge on any atom is -0.384 e. The molecule has 1 atom stereocenters. The number of halogens is 2. The lowest BCUT2D eigenvalue weighted by Crippen LogP contribution is -2.36. The zero-order chi connectivity index (χ0) is 25.8. The Morgan fingerprint density at radius 2 is 1.67 bits per heavy atom. The van der Waals surface area contributed by atoms with Crippen LogP contribution in [0.15, 0.2) is 83.8 Å². The van der Waals surface area contributed by atoms with E-state index in [2.05, 4.69) is 44.9 Å². The van der Waals surface area contributed by atoms with Crippen molar-refractivity contribution in [1.29, 1.82) is 0 Å². The average molecular weight is 568 g/mol. The molecule has 0 radical (unpaired) electrons. The number of pyridine rings is 1. The number of hydrogen-bond acceptors (Lipinski definition) is 6. The highest BCUT2D eigenvalue weighted by atomic mass is 35.5. The molecule has 0 saturated carbocycles. The van der Waals surface area contributed by atoms with Crippen LogP contribution in [0.25, 0.3) is 0 Å². The molecule has 5 rings (SSSR count). The molecule has 204 valence electrons. The fourth-order valence-electron chi connectivity index (χ4n) is 4.90. The number of nitrogens with zero attached hydrogens (tertiary/aromatic N) is 3. The van der Waals surface area contributed by atoms with Gasteiger partial charge in [0.15, 0.2) is 5.82 Å².